The van der Waals surface area contributed by atoms with E-state index in [0.717, 1.165) is 0 Å². The Labute approximate surface area is 46.9 Å². The van der Waals surface area contributed by atoms with Crippen molar-refractivity contribution >= 4 is 0 Å². The average Bonchev–Trinajstić information content (AvgIpc) is 1.85. The van der Waals surface area contributed by atoms with E-state index in [4.69, 9.17) is 0 Å². The lowest BCUT2D eigenvalue weighted by Crippen LogP contribution is -1.91. The smallest absolute Gasteiger partial charge is 0.240 e. The van der Waals surface area contributed by atoms with Gasteiger partial charge in [-0.25, -0.2) is 0 Å². The van der Waals surface area contributed by atoms with E-state index in [0.29, 0.717) is 5.69 Å². The summed E-state index contributed by atoms with van der Waals surface area (Å²) in [5, 5.41) is 3.41. The first kappa shape index (κ1) is 5.28. The molecule has 1 radical (unpaired) electrons. The van der Waals surface area contributed by atoms with Crippen LogP contribution in [0.2, 0.25) is 0 Å². The molecule has 1 aromatic rings. The minimum absolute atomic E-state index is 0.537. The summed E-state index contributed by atoms with van der Waals surface area (Å²) in [5.41, 5.74) is 0.711. The molecule has 8 heavy (non-hydrogen) atoms. The van der Waals surface area contributed by atoms with Crippen LogP contribution in [0.1, 0.15) is 5.69 Å². The Balaban J connectivity index is 3.14. The molecule has 3 heteroatoms. The van der Waals surface area contributed by atoms with Crippen LogP contribution in [0.25, 0.3) is 0 Å². The number of aryl methyl sites for hydroxylation is 2. The van der Waals surface area contributed by atoms with E-state index in [1.807, 2.05) is 0 Å². The van der Waals surface area contributed by atoms with Crippen molar-refractivity contribution in [3.63, 3.8) is 0 Å². The zero-order valence-electron chi connectivity index (χ0n) is 4.77. The summed E-state index contributed by atoms with van der Waals surface area (Å²) in [5.74, 6) is -0.537. The lowest BCUT2D eigenvalue weighted by molar-refractivity contribution is 0.550. The van der Waals surface area contributed by atoms with Gasteiger partial charge in [0.2, 0.25) is 5.95 Å². The molecule has 1 aromatic heterocycles. The van der Waals surface area contributed by atoms with Crippen LogP contribution in [0.5, 0.6) is 0 Å². The molecule has 2 nitrogen and oxygen atoms in total. The van der Waals surface area contributed by atoms with Gasteiger partial charge < -0.3 is 0 Å². The first-order valence-corrected chi connectivity index (χ1v) is 2.28. The van der Waals surface area contributed by atoms with Crippen molar-refractivity contribution in [2.45, 2.75) is 6.92 Å². The van der Waals surface area contributed by atoms with Gasteiger partial charge in [0, 0.05) is 12.7 Å². The quantitative estimate of drug-likeness (QED) is 0.483. The summed E-state index contributed by atoms with van der Waals surface area (Å²) in [6.45, 7) is 1.75. The van der Waals surface area contributed by atoms with Crippen molar-refractivity contribution in [1.29, 1.82) is 0 Å². The first-order valence-electron chi connectivity index (χ1n) is 2.28. The number of hydrogen-bond donors (Lipinski definition) is 0. The van der Waals surface area contributed by atoms with Gasteiger partial charge in [0.1, 0.15) is 0 Å². The SMILES string of the molecule is Cc1[c]c(F)nn1C. The van der Waals surface area contributed by atoms with Crippen molar-refractivity contribution in [2.24, 2.45) is 7.05 Å². The fraction of sp³-hybridized carbons (Fsp3) is 0.400. The maximum Gasteiger partial charge on any atom is 0.240 e. The molecule has 0 spiro atoms. The van der Waals surface area contributed by atoms with Crippen LogP contribution in [0, 0.1) is 18.9 Å². The Morgan fingerprint density at radius 3 is 2.50 bits per heavy atom. The zero-order chi connectivity index (χ0) is 6.15. The highest BCUT2D eigenvalue weighted by atomic mass is 19.1. The van der Waals surface area contributed by atoms with Gasteiger partial charge in [-0.15, -0.1) is 5.10 Å². The van der Waals surface area contributed by atoms with Crippen molar-refractivity contribution in [1.82, 2.24) is 9.78 Å². The average molecular weight is 113 g/mol. The number of aromatic nitrogens is 2. The Hall–Kier alpha value is -0.860. The lowest BCUT2D eigenvalue weighted by Gasteiger charge is -1.86. The second-order valence-electron chi connectivity index (χ2n) is 1.62. The van der Waals surface area contributed by atoms with Gasteiger partial charge in [-0.2, -0.15) is 4.39 Å². The van der Waals surface area contributed by atoms with Gasteiger partial charge in [-0.05, 0) is 6.92 Å². The Bertz CT molecular complexity index is 173. The van der Waals surface area contributed by atoms with E-state index in [1.165, 1.54) is 4.68 Å². The van der Waals surface area contributed by atoms with Crippen LogP contribution in [-0.4, -0.2) is 9.78 Å². The molecule has 43 valence electrons. The van der Waals surface area contributed by atoms with Crippen LogP contribution in [0.4, 0.5) is 4.39 Å². The third-order valence-electron chi connectivity index (χ3n) is 1.01. The third-order valence-corrected chi connectivity index (χ3v) is 1.01. The fourth-order valence-corrected chi connectivity index (χ4v) is 0.462. The second kappa shape index (κ2) is 1.58. The van der Waals surface area contributed by atoms with Crippen LogP contribution in [0.15, 0.2) is 0 Å². The largest absolute Gasteiger partial charge is 0.269 e. The molecule has 1 rings (SSSR count). The highest BCUT2D eigenvalue weighted by Gasteiger charge is 1.96. The maximum absolute atomic E-state index is 12.0. The minimum Gasteiger partial charge on any atom is -0.269 e. The molecule has 1 heterocycles. The van der Waals surface area contributed by atoms with E-state index < -0.39 is 5.95 Å². The van der Waals surface area contributed by atoms with E-state index in [-0.39, 0.29) is 0 Å². The van der Waals surface area contributed by atoms with Crippen molar-refractivity contribution in [3.8, 4) is 0 Å². The standard InChI is InChI=1S/C5H6FN2/c1-4-3-5(6)7-8(4)2/h1-2H3. The lowest BCUT2D eigenvalue weighted by atomic mass is 10.5. The summed E-state index contributed by atoms with van der Waals surface area (Å²) in [6, 6.07) is 2.39. The maximum atomic E-state index is 12.0. The number of nitrogens with zero attached hydrogens (tertiary/aromatic N) is 2. The molecule has 0 amide bonds. The molecule has 0 fully saturated rings. The van der Waals surface area contributed by atoms with Gasteiger partial charge >= 0.3 is 0 Å². The molecule has 0 aliphatic heterocycles. The van der Waals surface area contributed by atoms with Crippen LogP contribution >= 0.6 is 0 Å². The summed E-state index contributed by atoms with van der Waals surface area (Å²) >= 11 is 0. The molecule has 0 saturated heterocycles. The predicted molar refractivity (Wildman–Crippen MR) is 26.7 cm³/mol. The summed E-state index contributed by atoms with van der Waals surface area (Å²) in [7, 11) is 1.68. The van der Waals surface area contributed by atoms with Crippen molar-refractivity contribution in [3.05, 3.63) is 17.7 Å². The molecule has 0 aliphatic rings. The van der Waals surface area contributed by atoms with E-state index in [9.17, 15) is 4.39 Å². The molecule has 0 saturated carbocycles. The Morgan fingerprint density at radius 1 is 1.75 bits per heavy atom. The van der Waals surface area contributed by atoms with Gasteiger partial charge in [-0.1, -0.05) is 0 Å². The van der Waals surface area contributed by atoms with E-state index >= 15 is 0 Å². The minimum atomic E-state index is -0.537. The topological polar surface area (TPSA) is 17.8 Å². The highest BCUT2D eigenvalue weighted by Crippen LogP contribution is 1.95. The molecule has 0 atom stereocenters. The Morgan fingerprint density at radius 2 is 2.38 bits per heavy atom. The third kappa shape index (κ3) is 0.710. The second-order valence-corrected chi connectivity index (χ2v) is 1.62. The first-order chi connectivity index (χ1) is 3.70. The Kier molecular flexibility index (Phi) is 1.04. The van der Waals surface area contributed by atoms with Crippen molar-refractivity contribution in [2.75, 3.05) is 0 Å². The van der Waals surface area contributed by atoms with Gasteiger partial charge in [-0.3, -0.25) is 4.68 Å². The van der Waals surface area contributed by atoms with Crippen molar-refractivity contribution < 1.29 is 4.39 Å². The van der Waals surface area contributed by atoms with E-state index in [2.05, 4.69) is 11.2 Å². The zero-order valence-corrected chi connectivity index (χ0v) is 4.77. The van der Waals surface area contributed by atoms with Gasteiger partial charge in [0.05, 0.1) is 6.07 Å². The van der Waals surface area contributed by atoms with Crippen LogP contribution < -0.4 is 0 Å². The fourth-order valence-electron chi connectivity index (χ4n) is 0.462. The van der Waals surface area contributed by atoms with Gasteiger partial charge in [0.15, 0.2) is 0 Å². The number of halogens is 1. The normalized spacial score (nSPS) is 9.88. The molecular formula is C5H6FN2. The van der Waals surface area contributed by atoms with E-state index in [1.54, 1.807) is 14.0 Å². The molecule has 0 aromatic carbocycles. The number of hydrogen-bond acceptors (Lipinski definition) is 1. The molecule has 0 aliphatic carbocycles. The molecule has 0 unspecified atom stereocenters. The predicted octanol–water partition coefficient (Wildman–Crippen LogP) is 0.668. The molecular weight excluding hydrogens is 107 g/mol. The number of rotatable bonds is 0. The van der Waals surface area contributed by atoms with Crippen LogP contribution in [-0.2, 0) is 7.05 Å². The molecule has 0 bridgehead atoms. The summed E-state index contributed by atoms with van der Waals surface area (Å²) in [6.07, 6.45) is 0. The van der Waals surface area contributed by atoms with Gasteiger partial charge in [0.25, 0.3) is 0 Å². The van der Waals surface area contributed by atoms with Crippen LogP contribution in [0.3, 0.4) is 0 Å². The molecule has 0 N–H and O–H groups in total. The monoisotopic (exact) mass is 113 g/mol. The highest BCUT2D eigenvalue weighted by molar-refractivity contribution is 4.94. The summed E-state index contributed by atoms with van der Waals surface area (Å²) in [4.78, 5) is 0. The summed E-state index contributed by atoms with van der Waals surface area (Å²) < 4.78 is 13.4.